The Bertz CT molecular complexity index is 269. The van der Waals surface area contributed by atoms with Crippen LogP contribution in [0.15, 0.2) is 0 Å². The van der Waals surface area contributed by atoms with Gasteiger partial charge in [0.2, 0.25) is 5.91 Å². The number of carbonyl (C=O) groups is 2. The summed E-state index contributed by atoms with van der Waals surface area (Å²) in [5.74, 6) is -2.41. The van der Waals surface area contributed by atoms with Crippen LogP contribution < -0.4 is 11.1 Å². The van der Waals surface area contributed by atoms with Crippen molar-refractivity contribution in [2.75, 3.05) is 6.54 Å². The van der Waals surface area contributed by atoms with Gasteiger partial charge in [0, 0.05) is 0 Å². The second-order valence-electron chi connectivity index (χ2n) is 3.01. The molecule has 16 heavy (non-hydrogen) atoms. The van der Waals surface area contributed by atoms with E-state index in [9.17, 15) is 22.8 Å². The fraction of sp³-hybridized carbons (Fsp3) is 0.714. The summed E-state index contributed by atoms with van der Waals surface area (Å²) in [6.45, 7) is -1.06. The van der Waals surface area contributed by atoms with Crippen molar-refractivity contribution in [1.29, 1.82) is 0 Å². The van der Waals surface area contributed by atoms with Gasteiger partial charge in [0.05, 0.1) is 19.0 Å². The standard InChI is InChI=1S/C7H11F3N2O4/c8-7(9,10)4(13)2-12-6(16)3(11)1-5(14)15/h3-4,13H,1-2,11H2,(H,12,16)(H,14,15). The molecule has 6 nitrogen and oxygen atoms in total. The first-order valence-corrected chi connectivity index (χ1v) is 4.14. The molecular formula is C7H11F3N2O4. The summed E-state index contributed by atoms with van der Waals surface area (Å²) in [5, 5.41) is 18.4. The summed E-state index contributed by atoms with van der Waals surface area (Å²) in [6.07, 6.45) is -8.24. The quantitative estimate of drug-likeness (QED) is 0.486. The molecule has 0 spiro atoms. The molecular weight excluding hydrogens is 233 g/mol. The first kappa shape index (κ1) is 14.6. The smallest absolute Gasteiger partial charge is 0.416 e. The van der Waals surface area contributed by atoms with Crippen molar-refractivity contribution in [3.63, 3.8) is 0 Å². The number of carboxylic acid groups (broad SMARTS) is 1. The van der Waals surface area contributed by atoms with Gasteiger partial charge in [-0.25, -0.2) is 0 Å². The number of hydrogen-bond donors (Lipinski definition) is 4. The number of alkyl halides is 3. The lowest BCUT2D eigenvalue weighted by Gasteiger charge is -2.16. The van der Waals surface area contributed by atoms with E-state index in [1.807, 2.05) is 0 Å². The van der Waals surface area contributed by atoms with E-state index in [0.717, 1.165) is 0 Å². The van der Waals surface area contributed by atoms with Crippen LogP contribution in [0.1, 0.15) is 6.42 Å². The molecule has 2 atom stereocenters. The summed E-state index contributed by atoms with van der Waals surface area (Å²) >= 11 is 0. The van der Waals surface area contributed by atoms with E-state index in [0.29, 0.717) is 0 Å². The predicted octanol–water partition coefficient (Wildman–Crippen LogP) is -1.17. The molecule has 0 aliphatic rings. The van der Waals surface area contributed by atoms with E-state index in [1.165, 1.54) is 0 Å². The van der Waals surface area contributed by atoms with Crippen LogP contribution >= 0.6 is 0 Å². The first-order chi connectivity index (χ1) is 7.14. The molecule has 5 N–H and O–H groups in total. The molecule has 0 aromatic carbocycles. The molecule has 0 radical (unpaired) electrons. The maximum absolute atomic E-state index is 11.8. The van der Waals surface area contributed by atoms with E-state index in [2.05, 4.69) is 0 Å². The van der Waals surface area contributed by atoms with E-state index >= 15 is 0 Å². The van der Waals surface area contributed by atoms with Crippen molar-refractivity contribution in [2.24, 2.45) is 5.73 Å². The zero-order valence-electron chi connectivity index (χ0n) is 7.99. The molecule has 0 bridgehead atoms. The number of carbonyl (C=O) groups excluding carboxylic acids is 1. The number of amides is 1. The minimum atomic E-state index is -4.84. The summed E-state index contributed by atoms with van der Waals surface area (Å²) in [4.78, 5) is 21.1. The summed E-state index contributed by atoms with van der Waals surface area (Å²) in [6, 6.07) is -1.45. The second-order valence-corrected chi connectivity index (χ2v) is 3.01. The highest BCUT2D eigenvalue weighted by Gasteiger charge is 2.38. The Morgan fingerprint density at radius 2 is 1.88 bits per heavy atom. The zero-order valence-corrected chi connectivity index (χ0v) is 7.99. The SMILES string of the molecule is NC(CC(=O)O)C(=O)NCC(O)C(F)(F)F. The molecule has 0 aromatic heterocycles. The number of aliphatic hydroxyl groups is 1. The van der Waals surface area contributed by atoms with Gasteiger partial charge in [-0.15, -0.1) is 0 Å². The lowest BCUT2D eigenvalue weighted by atomic mass is 10.2. The minimum absolute atomic E-state index is 0.700. The van der Waals surface area contributed by atoms with Crippen molar-refractivity contribution in [3.8, 4) is 0 Å². The van der Waals surface area contributed by atoms with Crippen LogP contribution in [0.25, 0.3) is 0 Å². The van der Waals surface area contributed by atoms with Crippen molar-refractivity contribution in [2.45, 2.75) is 24.7 Å². The molecule has 0 fully saturated rings. The highest BCUT2D eigenvalue weighted by Crippen LogP contribution is 2.19. The zero-order chi connectivity index (χ0) is 12.9. The number of hydrogen-bond acceptors (Lipinski definition) is 4. The molecule has 0 aliphatic carbocycles. The average molecular weight is 244 g/mol. The van der Waals surface area contributed by atoms with Gasteiger partial charge < -0.3 is 21.3 Å². The monoisotopic (exact) mass is 244 g/mol. The Morgan fingerprint density at radius 3 is 2.25 bits per heavy atom. The largest absolute Gasteiger partial charge is 0.481 e. The van der Waals surface area contributed by atoms with Gasteiger partial charge in [0.1, 0.15) is 0 Å². The number of carboxylic acids is 1. The van der Waals surface area contributed by atoms with Crippen molar-refractivity contribution in [3.05, 3.63) is 0 Å². The Hall–Kier alpha value is -1.35. The van der Waals surface area contributed by atoms with E-state index in [4.69, 9.17) is 15.9 Å². The molecule has 0 saturated heterocycles. The number of aliphatic hydroxyl groups excluding tert-OH is 1. The third kappa shape index (κ3) is 5.51. The summed E-state index contributed by atoms with van der Waals surface area (Å²) in [5.41, 5.74) is 5.06. The number of rotatable bonds is 5. The topological polar surface area (TPSA) is 113 Å². The van der Waals surface area contributed by atoms with E-state index < -0.39 is 43.2 Å². The van der Waals surface area contributed by atoms with E-state index in [-0.39, 0.29) is 0 Å². The summed E-state index contributed by atoms with van der Waals surface area (Å²) in [7, 11) is 0. The molecule has 94 valence electrons. The lowest BCUT2D eigenvalue weighted by molar-refractivity contribution is -0.201. The number of nitrogens with one attached hydrogen (secondary N) is 1. The fourth-order valence-corrected chi connectivity index (χ4v) is 0.725. The Labute approximate surface area is 88.2 Å². The summed E-state index contributed by atoms with van der Waals surface area (Å²) < 4.78 is 35.4. The molecule has 2 unspecified atom stereocenters. The number of halogens is 3. The fourth-order valence-electron chi connectivity index (χ4n) is 0.725. The average Bonchev–Trinajstić information content (AvgIpc) is 2.10. The normalized spacial score (nSPS) is 15.3. The van der Waals surface area contributed by atoms with Crippen LogP contribution in [0.4, 0.5) is 13.2 Å². The first-order valence-electron chi connectivity index (χ1n) is 4.14. The van der Waals surface area contributed by atoms with Crippen LogP contribution in [0.2, 0.25) is 0 Å². The highest BCUT2D eigenvalue weighted by molar-refractivity contribution is 5.85. The molecule has 9 heteroatoms. The molecule has 0 heterocycles. The van der Waals surface area contributed by atoms with Gasteiger partial charge in [-0.05, 0) is 0 Å². The molecule has 0 rings (SSSR count). The van der Waals surface area contributed by atoms with Gasteiger partial charge >= 0.3 is 12.1 Å². The van der Waals surface area contributed by atoms with Gasteiger partial charge in [-0.1, -0.05) is 0 Å². The van der Waals surface area contributed by atoms with Crippen LogP contribution in [-0.2, 0) is 9.59 Å². The number of nitrogens with two attached hydrogens (primary N) is 1. The molecule has 0 aliphatic heterocycles. The van der Waals surface area contributed by atoms with Crippen molar-refractivity contribution < 1.29 is 33.0 Å². The Kier molecular flexibility index (Phi) is 5.18. The Morgan fingerprint density at radius 1 is 1.38 bits per heavy atom. The van der Waals surface area contributed by atoms with Gasteiger partial charge in [0.15, 0.2) is 6.10 Å². The van der Waals surface area contributed by atoms with E-state index in [1.54, 1.807) is 5.32 Å². The van der Waals surface area contributed by atoms with Crippen molar-refractivity contribution >= 4 is 11.9 Å². The lowest BCUT2D eigenvalue weighted by Crippen LogP contribution is -2.47. The van der Waals surface area contributed by atoms with Crippen LogP contribution in [0, 0.1) is 0 Å². The third-order valence-corrected chi connectivity index (χ3v) is 1.58. The maximum Gasteiger partial charge on any atom is 0.416 e. The predicted molar refractivity (Wildman–Crippen MR) is 45.3 cm³/mol. The molecule has 0 aromatic rings. The van der Waals surface area contributed by atoms with Crippen LogP contribution in [-0.4, -0.2) is 47.0 Å². The molecule has 0 saturated carbocycles. The minimum Gasteiger partial charge on any atom is -0.481 e. The molecule has 1 amide bonds. The van der Waals surface area contributed by atoms with Gasteiger partial charge in [-0.2, -0.15) is 13.2 Å². The maximum atomic E-state index is 11.8. The van der Waals surface area contributed by atoms with Crippen molar-refractivity contribution in [1.82, 2.24) is 5.32 Å². The van der Waals surface area contributed by atoms with Crippen LogP contribution in [0.5, 0.6) is 0 Å². The van der Waals surface area contributed by atoms with Crippen LogP contribution in [0.3, 0.4) is 0 Å². The van der Waals surface area contributed by atoms with Gasteiger partial charge in [-0.3, -0.25) is 9.59 Å². The Balaban J connectivity index is 4.03. The highest BCUT2D eigenvalue weighted by atomic mass is 19.4. The number of aliphatic carboxylic acids is 1. The van der Waals surface area contributed by atoms with Gasteiger partial charge in [0.25, 0.3) is 0 Å². The second kappa shape index (κ2) is 5.66. The third-order valence-electron chi connectivity index (χ3n) is 1.58.